The van der Waals surface area contributed by atoms with Gasteiger partial charge in [0.25, 0.3) is 0 Å². The monoisotopic (exact) mass is 179 g/mol. The lowest BCUT2D eigenvalue weighted by Gasteiger charge is -2.20. The van der Waals surface area contributed by atoms with E-state index < -0.39 is 0 Å². The first-order valence-corrected chi connectivity index (χ1v) is 5.09. The van der Waals surface area contributed by atoms with Crippen molar-refractivity contribution in [1.82, 2.24) is 10.2 Å². The van der Waals surface area contributed by atoms with Crippen molar-refractivity contribution >= 4 is 5.82 Å². The molecule has 1 unspecified atom stereocenters. The summed E-state index contributed by atoms with van der Waals surface area (Å²) in [5.41, 5.74) is 2.76. The van der Waals surface area contributed by atoms with Crippen LogP contribution in [0.4, 0.5) is 5.82 Å². The molecule has 13 heavy (non-hydrogen) atoms. The lowest BCUT2D eigenvalue weighted by Crippen LogP contribution is -2.13. The second kappa shape index (κ2) is 3.40. The maximum Gasteiger partial charge on any atom is 0.151 e. The molecular weight excluding hydrogens is 162 g/mol. The van der Waals surface area contributed by atoms with Crippen molar-refractivity contribution in [3.05, 3.63) is 11.3 Å². The van der Waals surface area contributed by atoms with Gasteiger partial charge in [0.2, 0.25) is 0 Å². The molecule has 0 fully saturated rings. The minimum Gasteiger partial charge on any atom is -0.371 e. The topological polar surface area (TPSA) is 40.7 Å². The van der Waals surface area contributed by atoms with Gasteiger partial charge in [0.15, 0.2) is 5.82 Å². The van der Waals surface area contributed by atoms with E-state index in [0.29, 0.717) is 0 Å². The van der Waals surface area contributed by atoms with E-state index in [1.165, 1.54) is 36.9 Å². The third-order valence-electron chi connectivity index (χ3n) is 3.06. The van der Waals surface area contributed by atoms with Gasteiger partial charge in [-0.15, -0.1) is 0 Å². The lowest BCUT2D eigenvalue weighted by atomic mass is 9.86. The van der Waals surface area contributed by atoms with Gasteiger partial charge >= 0.3 is 0 Å². The molecule has 1 aliphatic rings. The summed E-state index contributed by atoms with van der Waals surface area (Å²) in [6, 6.07) is 0. The Morgan fingerprint density at radius 3 is 3.15 bits per heavy atom. The highest BCUT2D eigenvalue weighted by atomic mass is 15.2. The summed E-state index contributed by atoms with van der Waals surface area (Å²) in [7, 11) is 1.94. The van der Waals surface area contributed by atoms with Gasteiger partial charge in [-0.25, -0.2) is 0 Å². The van der Waals surface area contributed by atoms with Gasteiger partial charge in [0, 0.05) is 18.3 Å². The standard InChI is InChI=1S/C10H17N3/c1-3-7-4-5-9-8(6-7)10(11-2)13-12-9/h7H,3-6H2,1-2H3,(H2,11,12,13). The maximum absolute atomic E-state index is 4.25. The summed E-state index contributed by atoms with van der Waals surface area (Å²) in [5.74, 6) is 1.91. The number of anilines is 1. The normalized spacial score (nSPS) is 21.2. The van der Waals surface area contributed by atoms with Crippen molar-refractivity contribution in [3.63, 3.8) is 0 Å². The van der Waals surface area contributed by atoms with Crippen LogP contribution in [0.5, 0.6) is 0 Å². The Hall–Kier alpha value is -0.990. The Balaban J connectivity index is 2.25. The van der Waals surface area contributed by atoms with E-state index in [4.69, 9.17) is 0 Å². The molecule has 1 aliphatic carbocycles. The highest BCUT2D eigenvalue weighted by molar-refractivity contribution is 5.47. The predicted molar refractivity (Wildman–Crippen MR) is 53.9 cm³/mol. The fourth-order valence-electron chi connectivity index (χ4n) is 2.12. The van der Waals surface area contributed by atoms with Gasteiger partial charge in [-0.2, -0.15) is 5.10 Å². The van der Waals surface area contributed by atoms with Crippen molar-refractivity contribution in [3.8, 4) is 0 Å². The molecule has 0 bridgehead atoms. The molecule has 0 radical (unpaired) electrons. The molecular formula is C10H17N3. The number of nitrogens with one attached hydrogen (secondary N) is 2. The molecule has 0 aliphatic heterocycles. The first-order chi connectivity index (χ1) is 6.35. The first-order valence-electron chi connectivity index (χ1n) is 5.09. The zero-order valence-corrected chi connectivity index (χ0v) is 8.35. The largest absolute Gasteiger partial charge is 0.371 e. The van der Waals surface area contributed by atoms with Crippen molar-refractivity contribution in [2.24, 2.45) is 5.92 Å². The first kappa shape index (κ1) is 8.60. The summed E-state index contributed by atoms with van der Waals surface area (Å²) in [5, 5.41) is 10.5. The van der Waals surface area contributed by atoms with E-state index in [0.717, 1.165) is 11.7 Å². The van der Waals surface area contributed by atoms with Gasteiger partial charge in [-0.1, -0.05) is 13.3 Å². The van der Waals surface area contributed by atoms with Gasteiger partial charge < -0.3 is 5.32 Å². The SMILES string of the molecule is CCC1CCc2[nH]nc(NC)c2C1. The molecule has 2 N–H and O–H groups in total. The summed E-state index contributed by atoms with van der Waals surface area (Å²) < 4.78 is 0. The summed E-state index contributed by atoms with van der Waals surface area (Å²) in [4.78, 5) is 0. The van der Waals surface area contributed by atoms with Gasteiger partial charge in [0.1, 0.15) is 0 Å². The fourth-order valence-corrected chi connectivity index (χ4v) is 2.12. The van der Waals surface area contributed by atoms with E-state index in [-0.39, 0.29) is 0 Å². The van der Waals surface area contributed by atoms with Crippen LogP contribution in [-0.2, 0) is 12.8 Å². The van der Waals surface area contributed by atoms with Crippen molar-refractivity contribution < 1.29 is 0 Å². The molecule has 72 valence electrons. The van der Waals surface area contributed by atoms with Crippen molar-refractivity contribution in [2.45, 2.75) is 32.6 Å². The van der Waals surface area contributed by atoms with Crippen LogP contribution in [0.2, 0.25) is 0 Å². The lowest BCUT2D eigenvalue weighted by molar-refractivity contribution is 0.443. The second-order valence-electron chi connectivity index (χ2n) is 3.80. The molecule has 2 rings (SSSR count). The van der Waals surface area contributed by atoms with Crippen LogP contribution in [0.3, 0.4) is 0 Å². The summed E-state index contributed by atoms with van der Waals surface area (Å²) >= 11 is 0. The Bertz CT molecular complexity index is 277. The molecule has 0 saturated carbocycles. The minimum atomic E-state index is 0.859. The van der Waals surface area contributed by atoms with E-state index in [9.17, 15) is 0 Å². The molecule has 0 amide bonds. The fraction of sp³-hybridized carbons (Fsp3) is 0.700. The predicted octanol–water partition coefficient (Wildman–Crippen LogP) is 1.97. The number of rotatable bonds is 2. The zero-order chi connectivity index (χ0) is 9.26. The zero-order valence-electron chi connectivity index (χ0n) is 8.35. The summed E-state index contributed by atoms with van der Waals surface area (Å²) in [6.45, 7) is 2.27. The molecule has 0 saturated heterocycles. The van der Waals surface area contributed by atoms with E-state index >= 15 is 0 Å². The highest BCUT2D eigenvalue weighted by Gasteiger charge is 2.21. The average Bonchev–Trinajstić information content (AvgIpc) is 2.59. The molecule has 1 aromatic heterocycles. The molecule has 3 nitrogen and oxygen atoms in total. The number of nitrogens with zero attached hydrogens (tertiary/aromatic N) is 1. The van der Waals surface area contributed by atoms with E-state index in [2.05, 4.69) is 22.4 Å². The smallest absolute Gasteiger partial charge is 0.151 e. The molecule has 3 heteroatoms. The van der Waals surface area contributed by atoms with Gasteiger partial charge in [-0.3, -0.25) is 5.10 Å². The number of aromatic nitrogens is 2. The van der Waals surface area contributed by atoms with Crippen molar-refractivity contribution in [2.75, 3.05) is 12.4 Å². The number of H-pyrrole nitrogens is 1. The molecule has 0 aromatic carbocycles. The van der Waals surface area contributed by atoms with Gasteiger partial charge in [-0.05, 0) is 25.2 Å². The number of hydrogen-bond donors (Lipinski definition) is 2. The van der Waals surface area contributed by atoms with E-state index in [1.54, 1.807) is 0 Å². The number of aryl methyl sites for hydroxylation is 1. The summed E-state index contributed by atoms with van der Waals surface area (Å²) in [6.07, 6.45) is 4.96. The van der Waals surface area contributed by atoms with Crippen LogP contribution in [0, 0.1) is 5.92 Å². The number of hydrogen-bond acceptors (Lipinski definition) is 2. The van der Waals surface area contributed by atoms with Crippen LogP contribution in [0.15, 0.2) is 0 Å². The van der Waals surface area contributed by atoms with Gasteiger partial charge in [0.05, 0.1) is 0 Å². The number of fused-ring (bicyclic) bond motifs is 1. The highest BCUT2D eigenvalue weighted by Crippen LogP contribution is 2.30. The molecule has 1 heterocycles. The maximum atomic E-state index is 4.25. The Labute approximate surface area is 78.9 Å². The molecule has 0 spiro atoms. The second-order valence-corrected chi connectivity index (χ2v) is 3.80. The van der Waals surface area contributed by atoms with E-state index in [1.807, 2.05) is 7.05 Å². The third kappa shape index (κ3) is 1.43. The average molecular weight is 179 g/mol. The van der Waals surface area contributed by atoms with Crippen LogP contribution in [0.1, 0.15) is 31.0 Å². The number of aromatic amines is 1. The quantitative estimate of drug-likeness (QED) is 0.728. The van der Waals surface area contributed by atoms with Crippen molar-refractivity contribution in [1.29, 1.82) is 0 Å². The van der Waals surface area contributed by atoms with Crippen LogP contribution >= 0.6 is 0 Å². The van der Waals surface area contributed by atoms with Crippen LogP contribution in [0.25, 0.3) is 0 Å². The molecule has 1 atom stereocenters. The van der Waals surface area contributed by atoms with Crippen LogP contribution in [-0.4, -0.2) is 17.2 Å². The van der Waals surface area contributed by atoms with Crippen LogP contribution < -0.4 is 5.32 Å². The Morgan fingerprint density at radius 1 is 1.62 bits per heavy atom. The molecule has 1 aromatic rings. The third-order valence-corrected chi connectivity index (χ3v) is 3.06. The Kier molecular flexibility index (Phi) is 2.25. The minimum absolute atomic E-state index is 0.859. The Morgan fingerprint density at radius 2 is 2.46 bits per heavy atom.